The molecule has 3 saturated carbocycles. The average molecular weight is 183 g/mol. The van der Waals surface area contributed by atoms with Crippen LogP contribution in [0.2, 0.25) is 0 Å². The zero-order valence-corrected chi connectivity index (χ0v) is 9.02. The molecule has 0 atom stereocenters. The maximum Gasteiger partial charge on any atom is 0.0696 e. The lowest BCUT2D eigenvalue weighted by atomic mass is 9.41. The van der Waals surface area contributed by atoms with Crippen molar-refractivity contribution >= 4 is 0 Å². The summed E-state index contributed by atoms with van der Waals surface area (Å²) < 4.78 is 5.46. The van der Waals surface area contributed by atoms with Crippen molar-refractivity contribution in [3.05, 3.63) is 0 Å². The van der Waals surface area contributed by atoms with Gasteiger partial charge in [0.2, 0.25) is 0 Å². The van der Waals surface area contributed by atoms with Gasteiger partial charge in [-0.3, -0.25) is 0 Å². The summed E-state index contributed by atoms with van der Waals surface area (Å²) >= 11 is 0. The second-order valence-electron chi connectivity index (χ2n) is 5.44. The molecule has 0 spiro atoms. The summed E-state index contributed by atoms with van der Waals surface area (Å²) in [6.45, 7) is 6.87. The van der Waals surface area contributed by atoms with Crippen LogP contribution in [0.5, 0.6) is 0 Å². The zero-order valence-electron chi connectivity index (χ0n) is 9.02. The van der Waals surface area contributed by atoms with E-state index in [1.807, 2.05) is 7.11 Å². The lowest BCUT2D eigenvalue weighted by Crippen LogP contribution is -2.70. The third kappa shape index (κ3) is 1.50. The first-order valence-electron chi connectivity index (χ1n) is 5.36. The van der Waals surface area contributed by atoms with Crippen LogP contribution in [-0.2, 0) is 4.74 Å². The first-order chi connectivity index (χ1) is 6.10. The predicted molar refractivity (Wildman–Crippen MR) is 53.7 cm³/mol. The Morgan fingerprint density at radius 3 is 2.38 bits per heavy atom. The lowest BCUT2D eigenvalue weighted by Gasteiger charge is -2.69. The number of hydrogen-bond donors (Lipinski definition) is 1. The maximum absolute atomic E-state index is 5.46. The summed E-state index contributed by atoms with van der Waals surface area (Å²) in [6, 6.07) is 0. The Kier molecular flexibility index (Phi) is 2.16. The number of hydrogen-bond acceptors (Lipinski definition) is 2. The molecule has 0 amide bonds. The molecule has 0 aromatic rings. The molecule has 3 rings (SSSR count). The first-order valence-corrected chi connectivity index (χ1v) is 5.36. The second kappa shape index (κ2) is 2.96. The largest absolute Gasteiger partial charge is 0.378 e. The van der Waals surface area contributed by atoms with Gasteiger partial charge >= 0.3 is 0 Å². The van der Waals surface area contributed by atoms with Crippen molar-refractivity contribution in [1.82, 2.24) is 5.32 Å². The maximum atomic E-state index is 5.46. The molecular weight excluding hydrogens is 162 g/mol. The monoisotopic (exact) mass is 183 g/mol. The first kappa shape index (κ1) is 9.47. The van der Waals surface area contributed by atoms with E-state index in [0.29, 0.717) is 11.0 Å². The molecule has 0 saturated heterocycles. The van der Waals surface area contributed by atoms with Crippen molar-refractivity contribution in [2.24, 2.45) is 11.3 Å². The van der Waals surface area contributed by atoms with Gasteiger partial charge in [0.1, 0.15) is 0 Å². The molecule has 0 aromatic heterocycles. The summed E-state index contributed by atoms with van der Waals surface area (Å²) in [4.78, 5) is 0. The van der Waals surface area contributed by atoms with Gasteiger partial charge in [0.25, 0.3) is 0 Å². The van der Waals surface area contributed by atoms with E-state index < -0.39 is 0 Å². The zero-order chi connectivity index (χ0) is 9.53. The lowest BCUT2D eigenvalue weighted by molar-refractivity contribution is -0.271. The fraction of sp³-hybridized carbons (Fsp3) is 1.00. The Balaban J connectivity index is 1.64. The molecule has 2 heteroatoms. The molecular formula is C11H21NO. The SMILES string of the molecule is COC12CC(CNCC(C)C)(C1)C2. The van der Waals surface area contributed by atoms with Crippen LogP contribution >= 0.6 is 0 Å². The van der Waals surface area contributed by atoms with E-state index in [1.165, 1.54) is 25.8 Å². The van der Waals surface area contributed by atoms with E-state index >= 15 is 0 Å². The van der Waals surface area contributed by atoms with Crippen molar-refractivity contribution in [2.75, 3.05) is 20.2 Å². The van der Waals surface area contributed by atoms with Gasteiger partial charge in [0.15, 0.2) is 0 Å². The second-order valence-corrected chi connectivity index (χ2v) is 5.44. The molecule has 2 bridgehead atoms. The Hall–Kier alpha value is -0.0800. The molecule has 0 aliphatic heterocycles. The fourth-order valence-corrected chi connectivity index (χ4v) is 2.92. The summed E-state index contributed by atoms with van der Waals surface area (Å²) in [5.41, 5.74) is 0.949. The van der Waals surface area contributed by atoms with Crippen molar-refractivity contribution < 1.29 is 4.74 Å². The minimum atomic E-state index is 0.319. The molecule has 0 unspecified atom stereocenters. The number of methoxy groups -OCH3 is 1. The molecule has 0 radical (unpaired) electrons. The van der Waals surface area contributed by atoms with Gasteiger partial charge < -0.3 is 10.1 Å². The van der Waals surface area contributed by atoms with E-state index in [-0.39, 0.29) is 0 Å². The Labute approximate surface area is 81.0 Å². The van der Waals surface area contributed by atoms with E-state index in [9.17, 15) is 0 Å². The van der Waals surface area contributed by atoms with Gasteiger partial charge in [-0.2, -0.15) is 0 Å². The minimum Gasteiger partial charge on any atom is -0.378 e. The van der Waals surface area contributed by atoms with E-state index in [1.54, 1.807) is 0 Å². The van der Waals surface area contributed by atoms with Crippen molar-refractivity contribution in [1.29, 1.82) is 0 Å². The van der Waals surface area contributed by atoms with Crippen molar-refractivity contribution in [3.63, 3.8) is 0 Å². The normalized spacial score (nSPS) is 41.5. The predicted octanol–water partition coefficient (Wildman–Crippen LogP) is 1.80. The van der Waals surface area contributed by atoms with Gasteiger partial charge in [-0.05, 0) is 37.1 Å². The van der Waals surface area contributed by atoms with Crippen LogP contribution in [0, 0.1) is 11.3 Å². The number of nitrogens with one attached hydrogen (secondary N) is 1. The van der Waals surface area contributed by atoms with Gasteiger partial charge in [0.05, 0.1) is 5.60 Å². The van der Waals surface area contributed by atoms with Crippen molar-refractivity contribution in [3.8, 4) is 0 Å². The third-order valence-electron chi connectivity index (χ3n) is 3.58. The highest BCUT2D eigenvalue weighted by atomic mass is 16.5. The van der Waals surface area contributed by atoms with Crippen LogP contribution in [0.1, 0.15) is 33.1 Å². The standard InChI is InChI=1S/C11H21NO/c1-9(2)4-12-8-10-5-11(6-10,7-10)13-3/h9,12H,4-8H2,1-3H3. The van der Waals surface area contributed by atoms with Gasteiger partial charge in [-0.15, -0.1) is 0 Å². The van der Waals surface area contributed by atoms with Crippen molar-refractivity contribution in [2.45, 2.75) is 38.7 Å². The van der Waals surface area contributed by atoms with Crippen LogP contribution in [0.4, 0.5) is 0 Å². The highest BCUT2D eigenvalue weighted by Crippen LogP contribution is 2.68. The average Bonchev–Trinajstić information content (AvgIpc) is 1.91. The van der Waals surface area contributed by atoms with Gasteiger partial charge in [0, 0.05) is 13.7 Å². The molecule has 13 heavy (non-hydrogen) atoms. The molecule has 3 aliphatic carbocycles. The van der Waals surface area contributed by atoms with Crippen LogP contribution in [0.3, 0.4) is 0 Å². The number of rotatable bonds is 5. The topological polar surface area (TPSA) is 21.3 Å². The fourth-order valence-electron chi connectivity index (χ4n) is 2.92. The molecule has 76 valence electrons. The molecule has 3 aliphatic rings. The summed E-state index contributed by atoms with van der Waals surface area (Å²) in [6.07, 6.45) is 3.88. The van der Waals surface area contributed by atoms with Crippen LogP contribution in [-0.4, -0.2) is 25.8 Å². The molecule has 1 N–H and O–H groups in total. The Morgan fingerprint density at radius 1 is 1.31 bits per heavy atom. The quantitative estimate of drug-likeness (QED) is 0.702. The van der Waals surface area contributed by atoms with E-state index in [0.717, 1.165) is 12.5 Å². The van der Waals surface area contributed by atoms with Gasteiger partial charge in [-0.25, -0.2) is 0 Å². The number of ether oxygens (including phenoxy) is 1. The summed E-state index contributed by atoms with van der Waals surface area (Å²) in [5, 5.41) is 3.55. The summed E-state index contributed by atoms with van der Waals surface area (Å²) in [7, 11) is 1.85. The Morgan fingerprint density at radius 2 is 1.92 bits per heavy atom. The highest BCUT2D eigenvalue weighted by molar-refractivity contribution is 5.20. The molecule has 0 heterocycles. The van der Waals surface area contributed by atoms with Crippen LogP contribution in [0.15, 0.2) is 0 Å². The Bertz CT molecular complexity index is 180. The van der Waals surface area contributed by atoms with Crippen LogP contribution in [0.25, 0.3) is 0 Å². The summed E-state index contributed by atoms with van der Waals surface area (Å²) in [5.74, 6) is 0.767. The van der Waals surface area contributed by atoms with Crippen LogP contribution < -0.4 is 5.32 Å². The molecule has 0 aromatic carbocycles. The van der Waals surface area contributed by atoms with E-state index in [4.69, 9.17) is 4.74 Å². The highest BCUT2D eigenvalue weighted by Gasteiger charge is 2.67. The molecule has 3 fully saturated rings. The van der Waals surface area contributed by atoms with E-state index in [2.05, 4.69) is 19.2 Å². The van der Waals surface area contributed by atoms with Gasteiger partial charge in [-0.1, -0.05) is 13.8 Å². The minimum absolute atomic E-state index is 0.319. The third-order valence-corrected chi connectivity index (χ3v) is 3.58. The smallest absolute Gasteiger partial charge is 0.0696 e. The molecule has 2 nitrogen and oxygen atoms in total.